The predicted octanol–water partition coefficient (Wildman–Crippen LogP) is 6.28. The highest BCUT2D eigenvalue weighted by molar-refractivity contribution is 7.09. The minimum Gasteiger partial charge on any atom is -0.332 e. The van der Waals surface area contributed by atoms with Crippen molar-refractivity contribution < 1.29 is 9.59 Å². The average Bonchev–Trinajstić information content (AvgIpc) is 3.50. The van der Waals surface area contributed by atoms with Gasteiger partial charge in [-0.3, -0.25) is 4.79 Å². The molecule has 1 heterocycles. The number of thiophene rings is 1. The van der Waals surface area contributed by atoms with Crippen LogP contribution in [0, 0.1) is 0 Å². The lowest BCUT2D eigenvalue weighted by molar-refractivity contribution is -0.133. The van der Waals surface area contributed by atoms with Crippen LogP contribution in [-0.4, -0.2) is 34.3 Å². The molecule has 1 aliphatic carbocycles. The maximum absolute atomic E-state index is 13.3. The predicted molar refractivity (Wildman–Crippen MR) is 130 cm³/mol. The maximum atomic E-state index is 13.3. The summed E-state index contributed by atoms with van der Waals surface area (Å²) in [6.45, 7) is 1.03. The number of hydrogen-bond acceptors (Lipinski definition) is 3. The maximum Gasteiger partial charge on any atom is 0.322 e. The number of hydrogen-bond donors (Lipinski definition) is 1. The summed E-state index contributed by atoms with van der Waals surface area (Å²) < 4.78 is 0. The minimum absolute atomic E-state index is 0.0238. The monoisotopic (exact) mass is 487 g/mol. The summed E-state index contributed by atoms with van der Waals surface area (Å²) in [6, 6.07) is 18.6. The van der Waals surface area contributed by atoms with Crippen LogP contribution in [0.2, 0.25) is 10.0 Å². The molecule has 0 saturated heterocycles. The molecule has 2 aromatic carbocycles. The van der Waals surface area contributed by atoms with Gasteiger partial charge < -0.3 is 15.1 Å². The van der Waals surface area contributed by atoms with Crippen molar-refractivity contribution in [2.45, 2.75) is 32.0 Å². The number of rotatable bonds is 8. The van der Waals surface area contributed by atoms with Gasteiger partial charge in [-0.1, -0.05) is 59.6 Å². The molecule has 1 aliphatic rings. The van der Waals surface area contributed by atoms with Crippen LogP contribution in [0.1, 0.15) is 23.3 Å². The molecular weight excluding hydrogens is 465 g/mol. The highest BCUT2D eigenvalue weighted by Gasteiger charge is 2.35. The number of carbonyl (C=O) groups excluding carboxylic acids is 2. The average molecular weight is 488 g/mol. The van der Waals surface area contributed by atoms with E-state index in [0.717, 1.165) is 23.3 Å². The molecular formula is C24H23Cl2N3O2S. The van der Waals surface area contributed by atoms with E-state index in [1.807, 2.05) is 52.7 Å². The Balaban J connectivity index is 1.47. The molecule has 0 aliphatic heterocycles. The smallest absolute Gasteiger partial charge is 0.322 e. The summed E-state index contributed by atoms with van der Waals surface area (Å²) in [4.78, 5) is 30.9. The normalized spacial score (nSPS) is 12.9. The van der Waals surface area contributed by atoms with Gasteiger partial charge in [-0.2, -0.15) is 0 Å². The summed E-state index contributed by atoms with van der Waals surface area (Å²) in [7, 11) is 0. The largest absolute Gasteiger partial charge is 0.332 e. The van der Waals surface area contributed by atoms with Gasteiger partial charge in [-0.15, -0.1) is 11.3 Å². The van der Waals surface area contributed by atoms with E-state index in [1.54, 1.807) is 34.4 Å². The topological polar surface area (TPSA) is 52.7 Å². The van der Waals surface area contributed by atoms with Gasteiger partial charge in [0.05, 0.1) is 16.6 Å². The van der Waals surface area contributed by atoms with E-state index in [9.17, 15) is 9.59 Å². The van der Waals surface area contributed by atoms with E-state index < -0.39 is 0 Å². The third kappa shape index (κ3) is 6.03. The van der Waals surface area contributed by atoms with Crippen molar-refractivity contribution in [3.05, 3.63) is 86.5 Å². The molecule has 0 spiro atoms. The van der Waals surface area contributed by atoms with Gasteiger partial charge in [0.2, 0.25) is 5.91 Å². The first-order valence-corrected chi connectivity index (χ1v) is 12.0. The number of nitrogens with zero attached hydrogens (tertiary/aromatic N) is 2. The molecule has 0 bridgehead atoms. The molecule has 0 atom stereocenters. The SMILES string of the molecule is O=C(CN(C(=O)Nc1ccc(Cl)c(Cl)c1)C1CC1)N(Cc1ccccc1)Cc1cccs1. The molecule has 0 unspecified atom stereocenters. The molecule has 166 valence electrons. The second-order valence-corrected chi connectivity index (χ2v) is 9.58. The quantitative estimate of drug-likeness (QED) is 0.406. The van der Waals surface area contributed by atoms with Gasteiger partial charge in [0.1, 0.15) is 6.54 Å². The van der Waals surface area contributed by atoms with E-state index in [0.29, 0.717) is 28.8 Å². The number of urea groups is 1. The van der Waals surface area contributed by atoms with Crippen LogP contribution < -0.4 is 5.32 Å². The van der Waals surface area contributed by atoms with Crippen LogP contribution in [0.5, 0.6) is 0 Å². The Bertz CT molecular complexity index is 1070. The summed E-state index contributed by atoms with van der Waals surface area (Å²) >= 11 is 13.6. The number of amides is 3. The molecule has 3 amide bonds. The number of anilines is 1. The molecule has 1 N–H and O–H groups in total. The molecule has 1 fully saturated rings. The zero-order chi connectivity index (χ0) is 22.5. The van der Waals surface area contributed by atoms with Gasteiger partial charge >= 0.3 is 6.03 Å². The molecule has 4 rings (SSSR count). The van der Waals surface area contributed by atoms with Gasteiger partial charge in [0.15, 0.2) is 0 Å². The van der Waals surface area contributed by atoms with E-state index in [4.69, 9.17) is 23.2 Å². The van der Waals surface area contributed by atoms with Crippen LogP contribution >= 0.6 is 34.5 Å². The van der Waals surface area contributed by atoms with Crippen molar-refractivity contribution in [2.75, 3.05) is 11.9 Å². The first kappa shape index (κ1) is 22.6. The molecule has 0 radical (unpaired) electrons. The van der Waals surface area contributed by atoms with Crippen molar-refractivity contribution in [1.82, 2.24) is 9.80 Å². The van der Waals surface area contributed by atoms with Crippen molar-refractivity contribution >= 4 is 52.2 Å². The fourth-order valence-corrected chi connectivity index (χ4v) is 4.41. The van der Waals surface area contributed by atoms with Gasteiger partial charge in [-0.05, 0) is 48.1 Å². The minimum atomic E-state index is -0.310. The Labute approximate surface area is 201 Å². The summed E-state index contributed by atoms with van der Waals surface area (Å²) in [5.74, 6) is -0.0848. The van der Waals surface area contributed by atoms with Crippen molar-refractivity contribution in [1.29, 1.82) is 0 Å². The number of carbonyl (C=O) groups is 2. The molecule has 1 saturated carbocycles. The Kier molecular flexibility index (Phi) is 7.35. The van der Waals surface area contributed by atoms with E-state index in [1.165, 1.54) is 0 Å². The number of nitrogens with one attached hydrogen (secondary N) is 1. The molecule has 8 heteroatoms. The van der Waals surface area contributed by atoms with Crippen molar-refractivity contribution in [3.63, 3.8) is 0 Å². The summed E-state index contributed by atoms with van der Waals surface area (Å²) in [6.07, 6.45) is 1.79. The van der Waals surface area contributed by atoms with Crippen molar-refractivity contribution in [3.8, 4) is 0 Å². The standard InChI is InChI=1S/C24H23Cl2N3O2S/c25-21-11-8-18(13-22(21)26)27-24(31)29(19-9-10-19)16-23(30)28(15-20-7-4-12-32-20)14-17-5-2-1-3-6-17/h1-8,11-13,19H,9-10,14-16H2,(H,27,31). The molecule has 1 aromatic heterocycles. The van der Waals surface area contributed by atoms with Crippen LogP contribution in [0.15, 0.2) is 66.0 Å². The highest BCUT2D eigenvalue weighted by atomic mass is 35.5. The Morgan fingerprint density at radius 2 is 1.75 bits per heavy atom. The van der Waals surface area contributed by atoms with Crippen LogP contribution in [0.4, 0.5) is 10.5 Å². The van der Waals surface area contributed by atoms with Crippen molar-refractivity contribution in [2.24, 2.45) is 0 Å². The summed E-state index contributed by atoms with van der Waals surface area (Å²) in [5.41, 5.74) is 1.60. The summed E-state index contributed by atoms with van der Waals surface area (Å²) in [5, 5.41) is 5.63. The Morgan fingerprint density at radius 3 is 2.41 bits per heavy atom. The fourth-order valence-electron chi connectivity index (χ4n) is 3.39. The zero-order valence-corrected chi connectivity index (χ0v) is 19.7. The third-order valence-corrected chi connectivity index (χ3v) is 6.82. The van der Waals surface area contributed by atoms with Crippen LogP contribution in [0.25, 0.3) is 0 Å². The van der Waals surface area contributed by atoms with E-state index in [2.05, 4.69) is 5.32 Å². The third-order valence-electron chi connectivity index (χ3n) is 5.22. The van der Waals surface area contributed by atoms with Gasteiger partial charge in [0, 0.05) is 23.2 Å². The highest BCUT2D eigenvalue weighted by Crippen LogP contribution is 2.29. The van der Waals surface area contributed by atoms with Gasteiger partial charge in [-0.25, -0.2) is 4.79 Å². The lowest BCUT2D eigenvalue weighted by Gasteiger charge is -2.28. The molecule has 5 nitrogen and oxygen atoms in total. The first-order valence-electron chi connectivity index (χ1n) is 10.4. The van der Waals surface area contributed by atoms with Gasteiger partial charge in [0.25, 0.3) is 0 Å². The number of benzene rings is 2. The lowest BCUT2D eigenvalue weighted by Crippen LogP contribution is -2.45. The Hall–Kier alpha value is -2.54. The lowest BCUT2D eigenvalue weighted by atomic mass is 10.2. The second kappa shape index (κ2) is 10.4. The zero-order valence-electron chi connectivity index (χ0n) is 17.3. The Morgan fingerprint density at radius 1 is 0.969 bits per heavy atom. The fraction of sp³-hybridized carbons (Fsp3) is 0.250. The van der Waals surface area contributed by atoms with Crippen LogP contribution in [0.3, 0.4) is 0 Å². The second-order valence-electron chi connectivity index (χ2n) is 7.73. The van der Waals surface area contributed by atoms with Crippen LogP contribution in [-0.2, 0) is 17.9 Å². The molecule has 32 heavy (non-hydrogen) atoms. The number of halogens is 2. The molecule has 3 aromatic rings. The van der Waals surface area contributed by atoms with E-state index >= 15 is 0 Å². The first-order chi connectivity index (χ1) is 15.5. The van der Waals surface area contributed by atoms with E-state index in [-0.39, 0.29) is 24.5 Å².